The Labute approximate surface area is 207 Å². The summed E-state index contributed by atoms with van der Waals surface area (Å²) in [5.41, 5.74) is 3.65. The van der Waals surface area contributed by atoms with E-state index >= 15 is 0 Å². The number of hydroxylamine groups is 1. The van der Waals surface area contributed by atoms with Crippen molar-refractivity contribution in [1.29, 1.82) is 0 Å². The number of rotatable bonds is 10. The minimum absolute atomic E-state index is 0.209. The van der Waals surface area contributed by atoms with Crippen LogP contribution in [0.15, 0.2) is 73.1 Å². The zero-order valence-electron chi connectivity index (χ0n) is 19.7. The number of amides is 3. The molecule has 0 saturated heterocycles. The molecule has 0 aliphatic rings. The van der Waals surface area contributed by atoms with Gasteiger partial charge in [0.25, 0.3) is 5.91 Å². The number of nitrogens with zero attached hydrogens (tertiary/aromatic N) is 1. The van der Waals surface area contributed by atoms with Gasteiger partial charge in [-0.2, -0.15) is 0 Å². The Morgan fingerprint density at radius 1 is 1.03 bits per heavy atom. The van der Waals surface area contributed by atoms with Crippen molar-refractivity contribution in [2.24, 2.45) is 0 Å². The average molecular weight is 491 g/mol. The molecular weight excluding hydrogens is 464 g/mol. The van der Waals surface area contributed by atoms with Crippen LogP contribution in [-0.4, -0.2) is 48.2 Å². The summed E-state index contributed by atoms with van der Waals surface area (Å²) in [5.74, 6) is -0.501. The molecule has 3 aromatic rings. The van der Waals surface area contributed by atoms with Gasteiger partial charge in [0.1, 0.15) is 6.04 Å². The van der Waals surface area contributed by atoms with Gasteiger partial charge < -0.3 is 20.1 Å². The molecule has 3 rings (SSSR count). The van der Waals surface area contributed by atoms with E-state index in [0.29, 0.717) is 22.7 Å². The van der Waals surface area contributed by atoms with Crippen molar-refractivity contribution >= 4 is 29.5 Å². The number of carbonyl (C=O) groups is 3. The van der Waals surface area contributed by atoms with Crippen LogP contribution in [0.25, 0.3) is 6.08 Å². The Kier molecular flexibility index (Phi) is 9.12. The minimum atomic E-state index is -0.905. The molecule has 0 aliphatic heterocycles. The quantitative estimate of drug-likeness (QED) is 0.195. The highest BCUT2D eigenvalue weighted by molar-refractivity contribution is 6.00. The molecule has 1 atom stereocenters. The number of anilines is 1. The summed E-state index contributed by atoms with van der Waals surface area (Å²) in [6.45, 7) is 0. The fraction of sp³-hybridized carbons (Fsp3) is 0.154. The lowest BCUT2D eigenvalue weighted by Crippen LogP contribution is -2.44. The van der Waals surface area contributed by atoms with Gasteiger partial charge in [-0.05, 0) is 59.7 Å². The van der Waals surface area contributed by atoms with E-state index in [1.807, 2.05) is 0 Å². The van der Waals surface area contributed by atoms with Gasteiger partial charge in [0.15, 0.2) is 11.5 Å². The first-order valence-electron chi connectivity index (χ1n) is 10.9. The van der Waals surface area contributed by atoms with E-state index < -0.39 is 23.8 Å². The van der Waals surface area contributed by atoms with Crippen LogP contribution in [0, 0.1) is 0 Å². The Morgan fingerprint density at radius 2 is 1.78 bits per heavy atom. The molecule has 0 fully saturated rings. The van der Waals surface area contributed by atoms with Crippen molar-refractivity contribution in [3.63, 3.8) is 0 Å². The lowest BCUT2D eigenvalue weighted by Gasteiger charge is -2.18. The fourth-order valence-corrected chi connectivity index (χ4v) is 3.31. The molecule has 0 aliphatic carbocycles. The molecule has 0 radical (unpaired) electrons. The molecule has 2 aromatic carbocycles. The van der Waals surface area contributed by atoms with Crippen LogP contribution in [0.1, 0.15) is 21.5 Å². The zero-order chi connectivity index (χ0) is 25.9. The molecule has 0 bridgehead atoms. The van der Waals surface area contributed by atoms with Crippen LogP contribution >= 0.6 is 0 Å². The third-order valence-corrected chi connectivity index (χ3v) is 5.15. The van der Waals surface area contributed by atoms with Gasteiger partial charge in [-0.1, -0.05) is 12.1 Å². The Bertz CT molecular complexity index is 1230. The number of ether oxygens (including phenoxy) is 2. The van der Waals surface area contributed by atoms with Gasteiger partial charge >= 0.3 is 0 Å². The standard InChI is InChI=1S/C26H26N4O6/c1-35-22-11-5-17(15-23(22)36-2)6-12-24(31)29-21(14-18-4-3-13-27-16-18)26(33)28-20-9-7-19(8-10-20)25(32)30-34/h3-13,15-16,21,34H,14H2,1-2H3,(H,28,33)(H,29,31)(H,30,32)/b12-6+. The second-order valence-corrected chi connectivity index (χ2v) is 7.58. The summed E-state index contributed by atoms with van der Waals surface area (Å²) in [4.78, 5) is 41.3. The summed E-state index contributed by atoms with van der Waals surface area (Å²) >= 11 is 0. The first kappa shape index (κ1) is 25.9. The number of aromatic nitrogens is 1. The Hall–Kier alpha value is -4.70. The van der Waals surface area contributed by atoms with Crippen molar-refractivity contribution in [1.82, 2.24) is 15.8 Å². The van der Waals surface area contributed by atoms with Crippen molar-refractivity contribution in [2.45, 2.75) is 12.5 Å². The first-order valence-corrected chi connectivity index (χ1v) is 10.9. The molecule has 3 amide bonds. The van der Waals surface area contributed by atoms with Crippen molar-refractivity contribution in [3.05, 3.63) is 89.8 Å². The van der Waals surface area contributed by atoms with Crippen LogP contribution in [0.5, 0.6) is 11.5 Å². The van der Waals surface area contributed by atoms with Gasteiger partial charge in [-0.3, -0.25) is 24.6 Å². The van der Waals surface area contributed by atoms with E-state index in [1.165, 1.54) is 44.6 Å². The summed E-state index contributed by atoms with van der Waals surface area (Å²) in [6, 6.07) is 13.8. The summed E-state index contributed by atoms with van der Waals surface area (Å²) < 4.78 is 10.5. The Balaban J connectivity index is 1.73. The van der Waals surface area contributed by atoms with Gasteiger partial charge in [-0.25, -0.2) is 5.48 Å². The largest absolute Gasteiger partial charge is 0.493 e. The number of hydrogen-bond acceptors (Lipinski definition) is 7. The van der Waals surface area contributed by atoms with E-state index in [-0.39, 0.29) is 12.0 Å². The molecule has 10 nitrogen and oxygen atoms in total. The number of benzene rings is 2. The highest BCUT2D eigenvalue weighted by Crippen LogP contribution is 2.27. The van der Waals surface area contributed by atoms with E-state index in [9.17, 15) is 14.4 Å². The predicted octanol–water partition coefficient (Wildman–Crippen LogP) is 2.60. The molecular formula is C26H26N4O6. The average Bonchev–Trinajstić information content (AvgIpc) is 2.91. The predicted molar refractivity (Wildman–Crippen MR) is 133 cm³/mol. The van der Waals surface area contributed by atoms with E-state index in [0.717, 1.165) is 5.56 Å². The van der Waals surface area contributed by atoms with Gasteiger partial charge in [0.2, 0.25) is 11.8 Å². The van der Waals surface area contributed by atoms with E-state index in [2.05, 4.69) is 15.6 Å². The first-order chi connectivity index (χ1) is 17.4. The number of hydrogen-bond donors (Lipinski definition) is 4. The van der Waals surface area contributed by atoms with Crippen molar-refractivity contribution in [3.8, 4) is 11.5 Å². The zero-order valence-corrected chi connectivity index (χ0v) is 19.7. The molecule has 0 spiro atoms. The summed E-state index contributed by atoms with van der Waals surface area (Å²) in [5, 5.41) is 14.2. The lowest BCUT2D eigenvalue weighted by molar-refractivity contribution is -0.123. The number of nitrogens with one attached hydrogen (secondary N) is 3. The lowest BCUT2D eigenvalue weighted by atomic mass is 10.1. The highest BCUT2D eigenvalue weighted by atomic mass is 16.5. The summed E-state index contributed by atoms with van der Waals surface area (Å²) in [7, 11) is 3.06. The Morgan fingerprint density at radius 3 is 2.42 bits per heavy atom. The maximum atomic E-state index is 13.0. The van der Waals surface area contributed by atoms with E-state index in [4.69, 9.17) is 14.7 Å². The van der Waals surface area contributed by atoms with Crippen LogP contribution < -0.4 is 25.6 Å². The molecule has 186 valence electrons. The van der Waals surface area contributed by atoms with Crippen LogP contribution in [0.3, 0.4) is 0 Å². The molecule has 1 unspecified atom stereocenters. The second-order valence-electron chi connectivity index (χ2n) is 7.58. The molecule has 1 aromatic heterocycles. The van der Waals surface area contributed by atoms with E-state index in [1.54, 1.807) is 54.3 Å². The van der Waals surface area contributed by atoms with Gasteiger partial charge in [0, 0.05) is 36.1 Å². The fourth-order valence-electron chi connectivity index (χ4n) is 3.31. The second kappa shape index (κ2) is 12.7. The van der Waals surface area contributed by atoms with Crippen LogP contribution in [0.4, 0.5) is 5.69 Å². The molecule has 10 heteroatoms. The number of carbonyl (C=O) groups excluding carboxylic acids is 3. The minimum Gasteiger partial charge on any atom is -0.493 e. The monoisotopic (exact) mass is 490 g/mol. The third kappa shape index (κ3) is 7.15. The molecule has 1 heterocycles. The number of methoxy groups -OCH3 is 2. The van der Waals surface area contributed by atoms with Crippen molar-refractivity contribution in [2.75, 3.05) is 19.5 Å². The summed E-state index contributed by atoms with van der Waals surface area (Å²) in [6.07, 6.45) is 6.37. The molecule has 0 saturated carbocycles. The molecule has 36 heavy (non-hydrogen) atoms. The maximum absolute atomic E-state index is 13.0. The van der Waals surface area contributed by atoms with Gasteiger partial charge in [0.05, 0.1) is 14.2 Å². The van der Waals surface area contributed by atoms with Gasteiger partial charge in [-0.15, -0.1) is 0 Å². The van der Waals surface area contributed by atoms with Crippen LogP contribution in [-0.2, 0) is 16.0 Å². The van der Waals surface area contributed by atoms with Crippen LogP contribution in [0.2, 0.25) is 0 Å². The van der Waals surface area contributed by atoms with Crippen molar-refractivity contribution < 1.29 is 29.1 Å². The maximum Gasteiger partial charge on any atom is 0.274 e. The number of pyridine rings is 1. The third-order valence-electron chi connectivity index (χ3n) is 5.15. The normalized spacial score (nSPS) is 11.4. The smallest absolute Gasteiger partial charge is 0.274 e. The SMILES string of the molecule is COc1ccc(/C=C/C(=O)NC(Cc2cccnc2)C(=O)Nc2ccc(C(=O)NO)cc2)cc1OC. The highest BCUT2D eigenvalue weighted by Gasteiger charge is 2.21. The topological polar surface area (TPSA) is 139 Å². The molecule has 4 N–H and O–H groups in total.